The third-order valence-electron chi connectivity index (χ3n) is 4.66. The molecule has 2 aliphatic heterocycles. The standard InChI is InChI=1S/C19H21ClN4O3/c20-15-10-17-18(27-9-8-26-17)11-16(15)22-19(25)24-6-4-23(5-7-24)13-14-2-1-3-21-12-14/h1-3,10-12H,4-9,13H2,(H,22,25). The number of urea groups is 1. The molecule has 1 fully saturated rings. The number of nitrogens with zero attached hydrogens (tertiary/aromatic N) is 3. The van der Waals surface area contributed by atoms with Crippen molar-refractivity contribution in [1.29, 1.82) is 0 Å². The van der Waals surface area contributed by atoms with Crippen LogP contribution in [-0.2, 0) is 6.54 Å². The van der Waals surface area contributed by atoms with Gasteiger partial charge in [0.25, 0.3) is 0 Å². The lowest BCUT2D eigenvalue weighted by molar-refractivity contribution is 0.143. The maximum Gasteiger partial charge on any atom is 0.321 e. The van der Waals surface area contributed by atoms with Gasteiger partial charge >= 0.3 is 6.03 Å². The fraction of sp³-hybridized carbons (Fsp3) is 0.368. The lowest BCUT2D eigenvalue weighted by atomic mass is 10.2. The summed E-state index contributed by atoms with van der Waals surface area (Å²) in [6.45, 7) is 4.79. The molecule has 1 aromatic carbocycles. The lowest BCUT2D eigenvalue weighted by Gasteiger charge is -2.34. The van der Waals surface area contributed by atoms with Crippen LogP contribution in [0.1, 0.15) is 5.56 Å². The first-order valence-corrected chi connectivity index (χ1v) is 9.33. The Kier molecular flexibility index (Phi) is 5.31. The second-order valence-corrected chi connectivity index (χ2v) is 6.94. The van der Waals surface area contributed by atoms with Crippen LogP contribution in [0.2, 0.25) is 5.02 Å². The van der Waals surface area contributed by atoms with Crippen LogP contribution < -0.4 is 14.8 Å². The molecule has 27 heavy (non-hydrogen) atoms. The maximum absolute atomic E-state index is 12.6. The molecule has 2 aliphatic rings. The Morgan fingerprint density at radius 3 is 2.59 bits per heavy atom. The Bertz CT molecular complexity index is 810. The molecule has 7 nitrogen and oxygen atoms in total. The van der Waals surface area contributed by atoms with Gasteiger partial charge in [0, 0.05) is 57.3 Å². The number of nitrogens with one attached hydrogen (secondary N) is 1. The third kappa shape index (κ3) is 4.26. The summed E-state index contributed by atoms with van der Waals surface area (Å²) < 4.78 is 11.1. The molecule has 2 amide bonds. The van der Waals surface area contributed by atoms with Crippen molar-refractivity contribution >= 4 is 23.3 Å². The quantitative estimate of drug-likeness (QED) is 0.875. The minimum Gasteiger partial charge on any atom is -0.486 e. The van der Waals surface area contributed by atoms with Gasteiger partial charge in [-0.3, -0.25) is 9.88 Å². The Labute approximate surface area is 162 Å². The van der Waals surface area contributed by atoms with E-state index in [9.17, 15) is 4.79 Å². The van der Waals surface area contributed by atoms with Crippen molar-refractivity contribution < 1.29 is 14.3 Å². The first-order chi connectivity index (χ1) is 13.2. The number of rotatable bonds is 3. The van der Waals surface area contributed by atoms with E-state index >= 15 is 0 Å². The summed E-state index contributed by atoms with van der Waals surface area (Å²) in [6.07, 6.45) is 3.65. The number of fused-ring (bicyclic) bond motifs is 1. The molecule has 1 N–H and O–H groups in total. The predicted molar refractivity (Wildman–Crippen MR) is 103 cm³/mol. The van der Waals surface area contributed by atoms with Gasteiger partial charge in [0.15, 0.2) is 11.5 Å². The summed E-state index contributed by atoms with van der Waals surface area (Å²) in [6, 6.07) is 7.24. The van der Waals surface area contributed by atoms with Gasteiger partial charge in [0.2, 0.25) is 0 Å². The average molecular weight is 389 g/mol. The Hall–Kier alpha value is -2.51. The number of piperazine rings is 1. The van der Waals surface area contributed by atoms with Gasteiger partial charge < -0.3 is 19.7 Å². The monoisotopic (exact) mass is 388 g/mol. The van der Waals surface area contributed by atoms with E-state index in [1.165, 1.54) is 5.56 Å². The summed E-state index contributed by atoms with van der Waals surface area (Å²) >= 11 is 6.27. The van der Waals surface area contributed by atoms with Crippen LogP contribution in [0.5, 0.6) is 11.5 Å². The largest absolute Gasteiger partial charge is 0.486 e. The first kappa shape index (κ1) is 17.9. The van der Waals surface area contributed by atoms with Gasteiger partial charge in [-0.15, -0.1) is 0 Å². The molecule has 0 aliphatic carbocycles. The van der Waals surface area contributed by atoms with Crippen molar-refractivity contribution in [3.05, 3.63) is 47.2 Å². The number of carbonyl (C=O) groups is 1. The van der Waals surface area contributed by atoms with E-state index in [-0.39, 0.29) is 6.03 Å². The molecule has 1 aromatic heterocycles. The van der Waals surface area contributed by atoms with E-state index in [4.69, 9.17) is 21.1 Å². The smallest absolute Gasteiger partial charge is 0.321 e. The molecule has 2 aromatic rings. The topological polar surface area (TPSA) is 66.9 Å². The van der Waals surface area contributed by atoms with Gasteiger partial charge in [-0.25, -0.2) is 4.79 Å². The molecule has 142 valence electrons. The second-order valence-electron chi connectivity index (χ2n) is 6.53. The zero-order valence-electron chi connectivity index (χ0n) is 14.9. The Morgan fingerprint density at radius 2 is 1.89 bits per heavy atom. The minimum atomic E-state index is -0.158. The number of hydrogen-bond donors (Lipinski definition) is 1. The third-order valence-corrected chi connectivity index (χ3v) is 4.97. The van der Waals surface area contributed by atoms with Crippen LogP contribution in [0.4, 0.5) is 10.5 Å². The van der Waals surface area contributed by atoms with E-state index in [1.54, 1.807) is 23.2 Å². The van der Waals surface area contributed by atoms with Crippen LogP contribution in [-0.4, -0.2) is 60.2 Å². The van der Waals surface area contributed by atoms with E-state index < -0.39 is 0 Å². The van der Waals surface area contributed by atoms with E-state index in [0.717, 1.165) is 19.6 Å². The number of aromatic nitrogens is 1. The SMILES string of the molecule is O=C(Nc1cc2c(cc1Cl)OCCO2)N1CCN(Cc2cccnc2)CC1. The molecule has 0 radical (unpaired) electrons. The second kappa shape index (κ2) is 8.02. The Balaban J connectivity index is 1.33. The molecule has 1 saturated heterocycles. The number of benzene rings is 1. The van der Waals surface area contributed by atoms with Crippen molar-refractivity contribution in [3.8, 4) is 11.5 Å². The fourth-order valence-electron chi connectivity index (χ4n) is 3.21. The number of pyridine rings is 1. The van der Waals surface area contributed by atoms with Crippen LogP contribution in [0.25, 0.3) is 0 Å². The van der Waals surface area contributed by atoms with Crippen molar-refractivity contribution in [2.45, 2.75) is 6.54 Å². The molecule has 0 unspecified atom stereocenters. The average Bonchev–Trinajstić information content (AvgIpc) is 2.70. The van der Waals surface area contributed by atoms with E-state index in [0.29, 0.717) is 48.5 Å². The van der Waals surface area contributed by atoms with Crippen LogP contribution in [0.15, 0.2) is 36.7 Å². The molecule has 0 saturated carbocycles. The summed E-state index contributed by atoms with van der Waals surface area (Å²) in [5.74, 6) is 1.20. The summed E-state index contributed by atoms with van der Waals surface area (Å²) in [4.78, 5) is 20.9. The number of carbonyl (C=O) groups excluding carboxylic acids is 1. The molecular weight excluding hydrogens is 368 g/mol. The zero-order chi connectivity index (χ0) is 18.6. The highest BCUT2D eigenvalue weighted by atomic mass is 35.5. The number of halogens is 1. The van der Waals surface area contributed by atoms with Crippen molar-refractivity contribution in [2.24, 2.45) is 0 Å². The molecule has 0 bridgehead atoms. The van der Waals surface area contributed by atoms with Crippen LogP contribution in [0, 0.1) is 0 Å². The zero-order valence-corrected chi connectivity index (χ0v) is 15.6. The van der Waals surface area contributed by atoms with Gasteiger partial charge in [-0.2, -0.15) is 0 Å². The summed E-state index contributed by atoms with van der Waals surface area (Å²) in [5.41, 5.74) is 1.71. The fourth-order valence-corrected chi connectivity index (χ4v) is 3.41. The van der Waals surface area contributed by atoms with Gasteiger partial charge in [0.05, 0.1) is 10.7 Å². The van der Waals surface area contributed by atoms with Crippen LogP contribution >= 0.6 is 11.6 Å². The molecular formula is C19H21ClN4O3. The minimum absolute atomic E-state index is 0.158. The number of amides is 2. The van der Waals surface area contributed by atoms with Gasteiger partial charge in [-0.05, 0) is 11.6 Å². The van der Waals surface area contributed by atoms with Crippen molar-refractivity contribution in [1.82, 2.24) is 14.8 Å². The molecule has 0 atom stereocenters. The van der Waals surface area contributed by atoms with Gasteiger partial charge in [0.1, 0.15) is 13.2 Å². The van der Waals surface area contributed by atoms with Crippen molar-refractivity contribution in [3.63, 3.8) is 0 Å². The normalized spacial score (nSPS) is 16.9. The Morgan fingerprint density at radius 1 is 1.15 bits per heavy atom. The number of hydrogen-bond acceptors (Lipinski definition) is 5. The highest BCUT2D eigenvalue weighted by Crippen LogP contribution is 2.38. The summed E-state index contributed by atoms with van der Waals surface area (Å²) in [7, 11) is 0. The molecule has 4 rings (SSSR count). The summed E-state index contributed by atoms with van der Waals surface area (Å²) in [5, 5.41) is 3.32. The first-order valence-electron chi connectivity index (χ1n) is 8.95. The van der Waals surface area contributed by atoms with E-state index in [1.807, 2.05) is 12.3 Å². The highest BCUT2D eigenvalue weighted by Gasteiger charge is 2.23. The maximum atomic E-state index is 12.6. The van der Waals surface area contributed by atoms with Crippen LogP contribution in [0.3, 0.4) is 0 Å². The predicted octanol–water partition coefficient (Wildman–Crippen LogP) is 2.86. The number of anilines is 1. The van der Waals surface area contributed by atoms with E-state index in [2.05, 4.69) is 21.3 Å². The number of ether oxygens (including phenoxy) is 2. The highest BCUT2D eigenvalue weighted by molar-refractivity contribution is 6.34. The van der Waals surface area contributed by atoms with Crippen molar-refractivity contribution in [2.75, 3.05) is 44.7 Å². The molecule has 8 heteroatoms. The molecule has 0 spiro atoms. The lowest BCUT2D eigenvalue weighted by Crippen LogP contribution is -2.49. The van der Waals surface area contributed by atoms with Gasteiger partial charge in [-0.1, -0.05) is 17.7 Å². The molecule has 3 heterocycles.